The van der Waals surface area contributed by atoms with Crippen molar-refractivity contribution in [2.75, 3.05) is 7.05 Å². The molecular formula is C21H24N2O. The molecule has 0 unspecified atom stereocenters. The number of aromatic nitrogens is 1. The first-order valence-corrected chi connectivity index (χ1v) is 8.31. The van der Waals surface area contributed by atoms with Crippen LogP contribution in [0.2, 0.25) is 0 Å². The topological polar surface area (TPSA) is 36.1 Å². The smallest absolute Gasteiger partial charge is 0.194 e. The van der Waals surface area contributed by atoms with Gasteiger partial charge in [0.2, 0.25) is 0 Å². The number of fused-ring (bicyclic) bond motifs is 1. The first kappa shape index (κ1) is 16.5. The van der Waals surface area contributed by atoms with E-state index in [1.165, 1.54) is 5.56 Å². The summed E-state index contributed by atoms with van der Waals surface area (Å²) in [6, 6.07) is 14.4. The summed E-state index contributed by atoms with van der Waals surface area (Å²) in [7, 11) is 2.05. The lowest BCUT2D eigenvalue weighted by molar-refractivity contribution is 0.317. The molecule has 0 aliphatic heterocycles. The third-order valence-corrected chi connectivity index (χ3v) is 4.49. The average molecular weight is 320 g/mol. The SMILES string of the molecule is Cc1cc(C)c2[nH]c(C)c(CN(C)Cc3ccccc3)c(=O)c2c1. The minimum absolute atomic E-state index is 0.146. The Morgan fingerprint density at radius 2 is 1.71 bits per heavy atom. The molecule has 124 valence electrons. The number of pyridine rings is 1. The molecule has 3 rings (SSSR count). The van der Waals surface area contributed by atoms with E-state index < -0.39 is 0 Å². The quantitative estimate of drug-likeness (QED) is 0.786. The summed E-state index contributed by atoms with van der Waals surface area (Å²) in [5.41, 5.74) is 6.41. The van der Waals surface area contributed by atoms with Gasteiger partial charge in [0.15, 0.2) is 5.43 Å². The summed E-state index contributed by atoms with van der Waals surface area (Å²) in [6.07, 6.45) is 0. The van der Waals surface area contributed by atoms with E-state index in [9.17, 15) is 4.79 Å². The van der Waals surface area contributed by atoms with E-state index in [2.05, 4.69) is 35.1 Å². The van der Waals surface area contributed by atoms with Crippen molar-refractivity contribution in [3.63, 3.8) is 0 Å². The van der Waals surface area contributed by atoms with Crippen LogP contribution in [0.4, 0.5) is 0 Å². The molecule has 0 amide bonds. The third-order valence-electron chi connectivity index (χ3n) is 4.49. The lowest BCUT2D eigenvalue weighted by Gasteiger charge is -2.18. The number of rotatable bonds is 4. The zero-order chi connectivity index (χ0) is 17.3. The van der Waals surface area contributed by atoms with E-state index in [4.69, 9.17) is 0 Å². The monoisotopic (exact) mass is 320 g/mol. The van der Waals surface area contributed by atoms with E-state index in [1.54, 1.807) is 0 Å². The number of aromatic amines is 1. The summed E-state index contributed by atoms with van der Waals surface area (Å²) in [6.45, 7) is 7.54. The Hall–Kier alpha value is -2.39. The molecule has 24 heavy (non-hydrogen) atoms. The Morgan fingerprint density at radius 3 is 2.42 bits per heavy atom. The van der Waals surface area contributed by atoms with Gasteiger partial charge in [-0.2, -0.15) is 0 Å². The highest BCUT2D eigenvalue weighted by atomic mass is 16.1. The van der Waals surface area contributed by atoms with Gasteiger partial charge in [-0.25, -0.2) is 0 Å². The minimum atomic E-state index is 0.146. The number of aryl methyl sites for hydroxylation is 3. The van der Waals surface area contributed by atoms with Crippen LogP contribution in [-0.4, -0.2) is 16.9 Å². The number of H-pyrrole nitrogens is 1. The van der Waals surface area contributed by atoms with Crippen molar-refractivity contribution in [3.05, 3.63) is 80.6 Å². The van der Waals surface area contributed by atoms with Crippen LogP contribution in [0.5, 0.6) is 0 Å². The van der Waals surface area contributed by atoms with E-state index in [0.29, 0.717) is 6.54 Å². The van der Waals surface area contributed by atoms with Crippen LogP contribution in [0.15, 0.2) is 47.3 Å². The Bertz CT molecular complexity index is 926. The van der Waals surface area contributed by atoms with Gasteiger partial charge in [0.05, 0.1) is 5.52 Å². The van der Waals surface area contributed by atoms with Crippen LogP contribution < -0.4 is 5.43 Å². The van der Waals surface area contributed by atoms with Crippen molar-refractivity contribution in [1.82, 2.24) is 9.88 Å². The van der Waals surface area contributed by atoms with Crippen molar-refractivity contribution < 1.29 is 0 Å². The molecule has 2 aromatic carbocycles. The fourth-order valence-corrected chi connectivity index (χ4v) is 3.32. The van der Waals surface area contributed by atoms with E-state index in [-0.39, 0.29) is 5.43 Å². The third kappa shape index (κ3) is 3.26. The number of hydrogen-bond donors (Lipinski definition) is 1. The standard InChI is InChI=1S/C21H24N2O/c1-14-10-15(2)20-18(11-14)21(24)19(16(3)22-20)13-23(4)12-17-8-6-5-7-9-17/h5-11H,12-13H2,1-4H3,(H,22,24). The molecule has 0 saturated carbocycles. The zero-order valence-electron chi connectivity index (χ0n) is 14.8. The maximum Gasteiger partial charge on any atom is 0.194 e. The molecule has 0 fully saturated rings. The van der Waals surface area contributed by atoms with Gasteiger partial charge in [-0.3, -0.25) is 9.69 Å². The maximum atomic E-state index is 13.0. The summed E-state index contributed by atoms with van der Waals surface area (Å²) < 4.78 is 0. The predicted molar refractivity (Wildman–Crippen MR) is 100 cm³/mol. The van der Waals surface area contributed by atoms with Gasteiger partial charge in [-0.1, -0.05) is 36.4 Å². The normalized spacial score (nSPS) is 11.4. The van der Waals surface area contributed by atoms with Crippen LogP contribution in [-0.2, 0) is 13.1 Å². The van der Waals surface area contributed by atoms with Gasteiger partial charge < -0.3 is 4.98 Å². The van der Waals surface area contributed by atoms with Crippen molar-refractivity contribution in [2.45, 2.75) is 33.9 Å². The highest BCUT2D eigenvalue weighted by Crippen LogP contribution is 2.18. The molecule has 0 saturated heterocycles. The Kier molecular flexibility index (Phi) is 4.54. The molecule has 1 N–H and O–H groups in total. The van der Waals surface area contributed by atoms with Gasteiger partial charge in [-0.15, -0.1) is 0 Å². The van der Waals surface area contributed by atoms with Crippen molar-refractivity contribution >= 4 is 10.9 Å². The van der Waals surface area contributed by atoms with E-state index >= 15 is 0 Å². The van der Waals surface area contributed by atoms with Crippen LogP contribution in [0.1, 0.15) is 27.9 Å². The molecule has 3 nitrogen and oxygen atoms in total. The van der Waals surface area contributed by atoms with E-state index in [1.807, 2.05) is 45.0 Å². The van der Waals surface area contributed by atoms with Crippen molar-refractivity contribution in [2.24, 2.45) is 0 Å². The van der Waals surface area contributed by atoms with Crippen LogP contribution in [0, 0.1) is 20.8 Å². The minimum Gasteiger partial charge on any atom is -0.358 e. The Balaban J connectivity index is 1.96. The predicted octanol–water partition coefficient (Wildman–Crippen LogP) is 4.09. The van der Waals surface area contributed by atoms with Crippen LogP contribution in [0.3, 0.4) is 0 Å². The first-order chi connectivity index (χ1) is 11.5. The molecule has 0 bridgehead atoms. The zero-order valence-corrected chi connectivity index (χ0v) is 14.8. The fraction of sp³-hybridized carbons (Fsp3) is 0.286. The highest BCUT2D eigenvalue weighted by molar-refractivity contribution is 5.83. The first-order valence-electron chi connectivity index (χ1n) is 8.31. The van der Waals surface area contributed by atoms with Gasteiger partial charge in [0.1, 0.15) is 0 Å². The van der Waals surface area contributed by atoms with Gasteiger partial charge in [0.25, 0.3) is 0 Å². The van der Waals surface area contributed by atoms with Gasteiger partial charge >= 0.3 is 0 Å². The molecule has 0 spiro atoms. The summed E-state index contributed by atoms with van der Waals surface area (Å²) in [4.78, 5) is 18.6. The van der Waals surface area contributed by atoms with E-state index in [0.717, 1.165) is 39.8 Å². The average Bonchev–Trinajstić information content (AvgIpc) is 2.54. The Morgan fingerprint density at radius 1 is 1.00 bits per heavy atom. The summed E-state index contributed by atoms with van der Waals surface area (Å²) in [5, 5.41) is 0.793. The number of nitrogens with zero attached hydrogens (tertiary/aromatic N) is 1. The van der Waals surface area contributed by atoms with Gasteiger partial charge in [-0.05, 0) is 50.6 Å². The largest absolute Gasteiger partial charge is 0.358 e. The van der Waals surface area contributed by atoms with Crippen LogP contribution >= 0.6 is 0 Å². The van der Waals surface area contributed by atoms with Crippen LogP contribution in [0.25, 0.3) is 10.9 Å². The second-order valence-corrected chi connectivity index (χ2v) is 6.72. The lowest BCUT2D eigenvalue weighted by atomic mass is 10.0. The van der Waals surface area contributed by atoms with Gasteiger partial charge in [0, 0.05) is 29.7 Å². The highest BCUT2D eigenvalue weighted by Gasteiger charge is 2.13. The molecule has 0 radical (unpaired) electrons. The summed E-state index contributed by atoms with van der Waals surface area (Å²) in [5.74, 6) is 0. The molecule has 1 aromatic heterocycles. The molecule has 0 aliphatic rings. The molecule has 0 atom stereocenters. The fourth-order valence-electron chi connectivity index (χ4n) is 3.32. The molecule has 1 heterocycles. The number of nitrogens with one attached hydrogen (secondary N) is 1. The summed E-state index contributed by atoms with van der Waals surface area (Å²) >= 11 is 0. The molecule has 3 heteroatoms. The second kappa shape index (κ2) is 6.62. The maximum absolute atomic E-state index is 13.0. The van der Waals surface area contributed by atoms with Crippen molar-refractivity contribution in [3.8, 4) is 0 Å². The molecule has 3 aromatic rings. The number of benzene rings is 2. The number of hydrogen-bond acceptors (Lipinski definition) is 2. The molecular weight excluding hydrogens is 296 g/mol. The lowest BCUT2D eigenvalue weighted by Crippen LogP contribution is -2.24. The Labute approximate surface area is 143 Å². The second-order valence-electron chi connectivity index (χ2n) is 6.72. The van der Waals surface area contributed by atoms with Crippen molar-refractivity contribution in [1.29, 1.82) is 0 Å². The molecule has 0 aliphatic carbocycles.